The molecule has 1 heterocycles. The van der Waals surface area contributed by atoms with Crippen molar-refractivity contribution in [1.29, 1.82) is 5.26 Å². The lowest BCUT2D eigenvalue weighted by Crippen LogP contribution is -2.55. The number of carboxylic acid groups (broad SMARTS) is 1. The highest BCUT2D eigenvalue weighted by Gasteiger charge is 2.56. The minimum Gasteiger partial charge on any atom is -0.475 e. The lowest BCUT2D eigenvalue weighted by atomic mass is 9.69. The molecule has 2 saturated carbocycles. The molecule has 0 aromatic heterocycles. The fourth-order valence-electron chi connectivity index (χ4n) is 4.15. The largest absolute Gasteiger partial charge is 0.490 e. The molecule has 4 atom stereocenters. The highest BCUT2D eigenvalue weighted by molar-refractivity contribution is 5.84. The molecule has 0 unspecified atom stereocenters. The summed E-state index contributed by atoms with van der Waals surface area (Å²) in [6.07, 6.45) is 4.04. The van der Waals surface area contributed by atoms with Crippen molar-refractivity contribution in [3.63, 3.8) is 0 Å². The number of carbonyl (C=O) groups is 2. The highest BCUT2D eigenvalue weighted by atomic mass is 19.4. The number of alkyl halides is 3. The zero-order valence-corrected chi connectivity index (χ0v) is 14.9. The number of nitrogens with two attached hydrogens (primary N) is 1. The number of hydrogen-bond acceptors (Lipinski definition) is 4. The molecule has 2 aliphatic carbocycles. The van der Waals surface area contributed by atoms with Gasteiger partial charge in [-0.3, -0.25) is 4.79 Å². The summed E-state index contributed by atoms with van der Waals surface area (Å²) < 4.78 is 31.7. The van der Waals surface area contributed by atoms with Crippen molar-refractivity contribution in [2.45, 2.75) is 69.2 Å². The van der Waals surface area contributed by atoms with E-state index >= 15 is 0 Å². The lowest BCUT2D eigenvalue weighted by molar-refractivity contribution is -0.192. The van der Waals surface area contributed by atoms with Gasteiger partial charge in [0, 0.05) is 11.5 Å². The van der Waals surface area contributed by atoms with E-state index in [1.54, 1.807) is 4.90 Å². The Balaban J connectivity index is 0.000000321. The highest BCUT2D eigenvalue weighted by Crippen LogP contribution is 2.49. The maximum absolute atomic E-state index is 12.8. The predicted molar refractivity (Wildman–Crippen MR) is 90.1 cm³/mol. The summed E-state index contributed by atoms with van der Waals surface area (Å²) in [5, 5.41) is 16.4. The first-order valence-electron chi connectivity index (χ1n) is 8.98. The van der Waals surface area contributed by atoms with Gasteiger partial charge in [0.1, 0.15) is 6.04 Å². The van der Waals surface area contributed by atoms with Crippen LogP contribution >= 0.6 is 0 Å². The molecule has 0 spiro atoms. The minimum atomic E-state index is -5.08. The molecule has 0 aromatic rings. The fraction of sp³-hybridized carbons (Fsp3) is 0.722. The zero-order valence-electron chi connectivity index (χ0n) is 14.9. The molecule has 0 radical (unpaired) electrons. The Morgan fingerprint density at radius 1 is 1.30 bits per heavy atom. The molecule has 1 aliphatic heterocycles. The molecular formula is C18H24F3N3O3. The van der Waals surface area contributed by atoms with Gasteiger partial charge in [0.05, 0.1) is 12.1 Å². The quantitative estimate of drug-likeness (QED) is 0.724. The zero-order chi connectivity index (χ0) is 20.4. The number of nitrogens with zero attached hydrogens (tertiary/aromatic N) is 2. The van der Waals surface area contributed by atoms with Crippen molar-refractivity contribution in [2.24, 2.45) is 17.1 Å². The van der Waals surface area contributed by atoms with Gasteiger partial charge in [0.2, 0.25) is 5.91 Å². The van der Waals surface area contributed by atoms with Crippen LogP contribution in [0.2, 0.25) is 0 Å². The number of hydrogen-bond donors (Lipinski definition) is 2. The molecule has 3 N–H and O–H groups in total. The number of fused-ring (bicyclic) bond motifs is 1. The minimum absolute atomic E-state index is 0.0247. The van der Waals surface area contributed by atoms with Crippen LogP contribution in [0.3, 0.4) is 0 Å². The van der Waals surface area contributed by atoms with Crippen LogP contribution in [0.4, 0.5) is 13.2 Å². The normalized spacial score (nSPS) is 29.4. The van der Waals surface area contributed by atoms with Gasteiger partial charge < -0.3 is 15.7 Å². The Hall–Kier alpha value is -2.08. The summed E-state index contributed by atoms with van der Waals surface area (Å²) in [7, 11) is 0. The Morgan fingerprint density at radius 2 is 1.85 bits per heavy atom. The first-order valence-corrected chi connectivity index (χ1v) is 8.98. The Morgan fingerprint density at radius 3 is 2.30 bits per heavy atom. The molecule has 1 saturated heterocycles. The van der Waals surface area contributed by atoms with E-state index in [1.807, 2.05) is 6.08 Å². The summed E-state index contributed by atoms with van der Waals surface area (Å²) in [4.78, 5) is 23.5. The van der Waals surface area contributed by atoms with E-state index in [9.17, 15) is 23.2 Å². The van der Waals surface area contributed by atoms with Crippen LogP contribution in [-0.2, 0) is 9.59 Å². The van der Waals surface area contributed by atoms with Crippen molar-refractivity contribution < 1.29 is 27.9 Å². The number of piperidine rings is 1. The number of carbonyl (C=O) groups excluding carboxylic acids is 1. The standard InChI is InChI=1S/C16H23N3O.C2HF3O2/c1-2-16(6-4-3-5-7-16)14(18)15(20)19-12(10-17)8-11-9-13(11)19;3-2(4,5)1(6)7/h2,11-14H,1,3-9,18H2;(H,6,7)/t11-,12+,13+,14-;/m1./s1. The smallest absolute Gasteiger partial charge is 0.475 e. The first kappa shape index (κ1) is 21.2. The van der Waals surface area contributed by atoms with Crippen LogP contribution in [0.1, 0.15) is 44.9 Å². The maximum atomic E-state index is 12.8. The van der Waals surface area contributed by atoms with E-state index in [-0.39, 0.29) is 23.4 Å². The Labute approximate surface area is 155 Å². The molecule has 0 aromatic carbocycles. The van der Waals surface area contributed by atoms with E-state index in [0.717, 1.165) is 38.5 Å². The molecule has 3 aliphatic rings. The number of aliphatic carboxylic acids is 1. The van der Waals surface area contributed by atoms with Crippen LogP contribution in [0, 0.1) is 22.7 Å². The Bertz CT molecular complexity index is 638. The van der Waals surface area contributed by atoms with Gasteiger partial charge in [0.15, 0.2) is 0 Å². The van der Waals surface area contributed by atoms with Gasteiger partial charge in [-0.05, 0) is 31.6 Å². The van der Waals surface area contributed by atoms with Crippen LogP contribution in [0.25, 0.3) is 0 Å². The molecule has 150 valence electrons. The van der Waals surface area contributed by atoms with Crippen molar-refractivity contribution in [2.75, 3.05) is 0 Å². The van der Waals surface area contributed by atoms with Gasteiger partial charge in [-0.2, -0.15) is 18.4 Å². The molecular weight excluding hydrogens is 363 g/mol. The molecule has 27 heavy (non-hydrogen) atoms. The predicted octanol–water partition coefficient (Wildman–Crippen LogP) is 2.60. The Kier molecular flexibility index (Phi) is 6.20. The molecule has 0 bridgehead atoms. The van der Waals surface area contributed by atoms with Crippen molar-refractivity contribution in [1.82, 2.24) is 4.90 Å². The topological polar surface area (TPSA) is 107 Å². The van der Waals surface area contributed by atoms with E-state index in [0.29, 0.717) is 5.92 Å². The third-order valence-electron chi connectivity index (χ3n) is 5.83. The van der Waals surface area contributed by atoms with Gasteiger partial charge >= 0.3 is 12.1 Å². The lowest BCUT2D eigenvalue weighted by Gasteiger charge is -2.40. The second-order valence-corrected chi connectivity index (χ2v) is 7.47. The number of rotatable bonds is 3. The van der Waals surface area contributed by atoms with Gasteiger partial charge in [0.25, 0.3) is 0 Å². The van der Waals surface area contributed by atoms with Crippen LogP contribution in [0.15, 0.2) is 12.7 Å². The summed E-state index contributed by atoms with van der Waals surface area (Å²) in [5.41, 5.74) is 6.08. The molecule has 3 fully saturated rings. The average molecular weight is 387 g/mol. The van der Waals surface area contributed by atoms with Gasteiger partial charge in [-0.15, -0.1) is 6.58 Å². The average Bonchev–Trinajstić information content (AvgIpc) is 3.30. The number of amides is 1. The maximum Gasteiger partial charge on any atom is 0.490 e. The van der Waals surface area contributed by atoms with Crippen LogP contribution in [0.5, 0.6) is 0 Å². The first-order chi connectivity index (χ1) is 12.6. The number of likely N-dealkylation sites (tertiary alicyclic amines) is 1. The number of carboxylic acids is 1. The van der Waals surface area contributed by atoms with E-state index in [4.69, 9.17) is 15.6 Å². The van der Waals surface area contributed by atoms with E-state index in [2.05, 4.69) is 12.6 Å². The summed E-state index contributed by atoms with van der Waals surface area (Å²) in [5.74, 6) is -2.24. The second kappa shape index (κ2) is 7.89. The SMILES string of the molecule is C=CC1([C@H](N)C(=O)N2[C@H](C#N)C[C@@H]3C[C@@H]32)CCCCC1.O=C(O)C(F)(F)F. The van der Waals surface area contributed by atoms with Crippen LogP contribution in [-0.4, -0.2) is 46.2 Å². The molecule has 1 amide bonds. The monoisotopic (exact) mass is 387 g/mol. The van der Waals surface area contributed by atoms with Crippen LogP contribution < -0.4 is 5.73 Å². The van der Waals surface area contributed by atoms with Gasteiger partial charge in [-0.25, -0.2) is 4.79 Å². The summed E-state index contributed by atoms with van der Waals surface area (Å²) >= 11 is 0. The van der Waals surface area contributed by atoms with Crippen molar-refractivity contribution >= 4 is 11.9 Å². The number of nitriles is 1. The van der Waals surface area contributed by atoms with E-state index in [1.165, 1.54) is 6.42 Å². The molecule has 6 nitrogen and oxygen atoms in total. The summed E-state index contributed by atoms with van der Waals surface area (Å²) in [6.45, 7) is 3.94. The summed E-state index contributed by atoms with van der Waals surface area (Å²) in [6, 6.07) is 1.76. The van der Waals surface area contributed by atoms with Crippen molar-refractivity contribution in [3.05, 3.63) is 12.7 Å². The van der Waals surface area contributed by atoms with E-state index < -0.39 is 18.2 Å². The fourth-order valence-corrected chi connectivity index (χ4v) is 4.15. The second-order valence-electron chi connectivity index (χ2n) is 7.47. The van der Waals surface area contributed by atoms with Gasteiger partial charge in [-0.1, -0.05) is 25.3 Å². The third-order valence-corrected chi connectivity index (χ3v) is 5.83. The third kappa shape index (κ3) is 4.43. The number of halogens is 3. The van der Waals surface area contributed by atoms with Crippen molar-refractivity contribution in [3.8, 4) is 6.07 Å². The molecule has 3 rings (SSSR count). The molecule has 9 heteroatoms.